The summed E-state index contributed by atoms with van der Waals surface area (Å²) in [5, 5.41) is 16.5. The van der Waals surface area contributed by atoms with Crippen molar-refractivity contribution in [1.29, 1.82) is 5.26 Å². The zero-order valence-corrected chi connectivity index (χ0v) is 13.9. The summed E-state index contributed by atoms with van der Waals surface area (Å²) >= 11 is 1.02. The molecule has 24 heavy (non-hydrogen) atoms. The van der Waals surface area contributed by atoms with Crippen molar-refractivity contribution in [2.24, 2.45) is 0 Å². The second-order valence-corrected chi connectivity index (χ2v) is 5.76. The van der Waals surface area contributed by atoms with Crippen LogP contribution in [-0.4, -0.2) is 33.1 Å². The Morgan fingerprint density at radius 3 is 2.75 bits per heavy atom. The van der Waals surface area contributed by atoms with Crippen molar-refractivity contribution in [3.05, 3.63) is 46.4 Å². The van der Waals surface area contributed by atoms with Crippen molar-refractivity contribution in [3.63, 3.8) is 0 Å². The minimum absolute atomic E-state index is 0.0225. The number of carbonyl (C=O) groups excluding carboxylic acids is 1. The van der Waals surface area contributed by atoms with Crippen molar-refractivity contribution in [2.45, 2.75) is 18.5 Å². The van der Waals surface area contributed by atoms with Crippen LogP contribution < -0.4 is 16.3 Å². The smallest absolute Gasteiger partial charge is 0.294 e. The second-order valence-electron chi connectivity index (χ2n) is 4.82. The maximum absolute atomic E-state index is 12.5. The Kier molecular flexibility index (Phi) is 5.92. The average Bonchev–Trinajstić information content (AvgIpc) is 2.60. The van der Waals surface area contributed by atoms with Crippen molar-refractivity contribution in [1.82, 2.24) is 14.9 Å². The van der Waals surface area contributed by atoms with Crippen molar-refractivity contribution in [2.75, 3.05) is 23.0 Å². The Labute approximate surface area is 142 Å². The SMILES string of the molecule is Cc1nnc(SCC(=O)N(CCC#N)c2ccccc2)n(N)c1=O. The number of para-hydroxylation sites is 1. The lowest BCUT2D eigenvalue weighted by Gasteiger charge is -2.21. The van der Waals surface area contributed by atoms with Crippen LogP contribution in [0.3, 0.4) is 0 Å². The van der Waals surface area contributed by atoms with Crippen LogP contribution in [0, 0.1) is 18.3 Å². The predicted molar refractivity (Wildman–Crippen MR) is 90.9 cm³/mol. The van der Waals surface area contributed by atoms with E-state index < -0.39 is 5.56 Å². The molecule has 0 saturated heterocycles. The fraction of sp³-hybridized carbons (Fsp3) is 0.267. The van der Waals surface area contributed by atoms with E-state index >= 15 is 0 Å². The molecule has 2 N–H and O–H groups in total. The molecule has 0 unspecified atom stereocenters. The maximum Gasteiger partial charge on any atom is 0.294 e. The predicted octanol–water partition coefficient (Wildman–Crippen LogP) is 0.700. The Bertz CT molecular complexity index is 815. The highest BCUT2D eigenvalue weighted by molar-refractivity contribution is 7.99. The van der Waals surface area contributed by atoms with Gasteiger partial charge in [-0.2, -0.15) is 9.94 Å². The van der Waals surface area contributed by atoms with Crippen molar-refractivity contribution >= 4 is 23.4 Å². The summed E-state index contributed by atoms with van der Waals surface area (Å²) in [6, 6.07) is 11.1. The summed E-state index contributed by atoms with van der Waals surface area (Å²) in [4.78, 5) is 25.8. The summed E-state index contributed by atoms with van der Waals surface area (Å²) in [6.07, 6.45) is 0.219. The Morgan fingerprint density at radius 2 is 2.08 bits per heavy atom. The number of hydrogen-bond donors (Lipinski definition) is 1. The molecule has 0 radical (unpaired) electrons. The fourth-order valence-corrected chi connectivity index (χ4v) is 2.67. The van der Waals surface area contributed by atoms with E-state index in [1.165, 1.54) is 11.8 Å². The number of benzene rings is 1. The molecule has 0 saturated carbocycles. The third-order valence-electron chi connectivity index (χ3n) is 3.16. The maximum atomic E-state index is 12.5. The van der Waals surface area contributed by atoms with E-state index in [9.17, 15) is 9.59 Å². The monoisotopic (exact) mass is 344 g/mol. The molecule has 0 spiro atoms. The molecule has 9 heteroatoms. The number of nitrogen functional groups attached to an aromatic ring is 1. The van der Waals surface area contributed by atoms with E-state index in [1.807, 2.05) is 24.3 Å². The molecule has 0 aliphatic heterocycles. The lowest BCUT2D eigenvalue weighted by atomic mass is 10.2. The minimum Gasteiger partial charge on any atom is -0.334 e. The standard InChI is InChI=1S/C15H16N6O2S/c1-11-14(23)21(17)15(19-18-11)24-10-13(22)20(9-5-8-16)12-6-3-2-4-7-12/h2-4,6-7H,5,9-10,17H2,1H3. The molecule has 0 bridgehead atoms. The normalized spacial score (nSPS) is 10.2. The number of nitrogens with two attached hydrogens (primary N) is 1. The summed E-state index contributed by atoms with van der Waals surface area (Å²) in [6.45, 7) is 1.80. The van der Waals surface area contributed by atoms with Gasteiger partial charge in [0, 0.05) is 12.2 Å². The third kappa shape index (κ3) is 4.11. The minimum atomic E-state index is -0.454. The van der Waals surface area contributed by atoms with Gasteiger partial charge in [0.25, 0.3) is 5.56 Å². The fourth-order valence-electron chi connectivity index (χ4n) is 1.94. The molecule has 0 aliphatic rings. The highest BCUT2D eigenvalue weighted by Gasteiger charge is 2.17. The van der Waals surface area contributed by atoms with Gasteiger partial charge < -0.3 is 10.7 Å². The van der Waals surface area contributed by atoms with E-state index in [4.69, 9.17) is 11.1 Å². The van der Waals surface area contributed by atoms with Gasteiger partial charge in [0.1, 0.15) is 5.69 Å². The molecule has 1 aromatic carbocycles. The second kappa shape index (κ2) is 8.12. The molecule has 8 nitrogen and oxygen atoms in total. The van der Waals surface area contributed by atoms with Gasteiger partial charge in [0.15, 0.2) is 0 Å². The van der Waals surface area contributed by atoms with E-state index in [2.05, 4.69) is 10.2 Å². The largest absolute Gasteiger partial charge is 0.334 e. The molecule has 1 heterocycles. The number of nitriles is 1. The van der Waals surface area contributed by atoms with Gasteiger partial charge in [-0.3, -0.25) is 9.59 Å². The average molecular weight is 344 g/mol. The molecular formula is C15H16N6O2S. The van der Waals surface area contributed by atoms with Gasteiger partial charge in [-0.05, 0) is 19.1 Å². The zero-order valence-electron chi connectivity index (χ0n) is 13.0. The summed E-state index contributed by atoms with van der Waals surface area (Å²) in [7, 11) is 0. The van der Waals surface area contributed by atoms with Crippen LogP contribution >= 0.6 is 11.8 Å². The van der Waals surface area contributed by atoms with Crippen LogP contribution in [0.5, 0.6) is 0 Å². The number of anilines is 1. The Morgan fingerprint density at radius 1 is 1.38 bits per heavy atom. The summed E-state index contributed by atoms with van der Waals surface area (Å²) in [5.74, 6) is 5.46. The molecule has 1 amide bonds. The van der Waals surface area contributed by atoms with Gasteiger partial charge in [0.05, 0.1) is 18.2 Å². The molecular weight excluding hydrogens is 328 g/mol. The van der Waals surface area contributed by atoms with Crippen LogP contribution in [0.2, 0.25) is 0 Å². The van der Waals surface area contributed by atoms with Crippen LogP contribution in [-0.2, 0) is 4.79 Å². The number of nitrogens with zero attached hydrogens (tertiary/aromatic N) is 5. The van der Waals surface area contributed by atoms with E-state index in [0.717, 1.165) is 16.4 Å². The molecule has 0 fully saturated rings. The van der Waals surface area contributed by atoms with E-state index in [0.29, 0.717) is 5.69 Å². The first-order chi connectivity index (χ1) is 11.5. The topological polar surface area (TPSA) is 118 Å². The van der Waals surface area contributed by atoms with Crippen LogP contribution in [0.1, 0.15) is 12.1 Å². The van der Waals surface area contributed by atoms with Crippen molar-refractivity contribution < 1.29 is 4.79 Å². The van der Waals surface area contributed by atoms with Gasteiger partial charge in [-0.1, -0.05) is 30.0 Å². The third-order valence-corrected chi connectivity index (χ3v) is 4.09. The number of rotatable bonds is 6. The number of aryl methyl sites for hydroxylation is 1. The first-order valence-electron chi connectivity index (χ1n) is 7.11. The number of hydrogen-bond acceptors (Lipinski definition) is 7. The van der Waals surface area contributed by atoms with Crippen molar-refractivity contribution in [3.8, 4) is 6.07 Å². The van der Waals surface area contributed by atoms with Gasteiger partial charge in [0.2, 0.25) is 11.1 Å². The van der Waals surface area contributed by atoms with Crippen LogP contribution in [0.15, 0.2) is 40.3 Å². The lowest BCUT2D eigenvalue weighted by molar-refractivity contribution is -0.116. The van der Waals surface area contributed by atoms with Crippen LogP contribution in [0.4, 0.5) is 5.69 Å². The van der Waals surface area contributed by atoms with Gasteiger partial charge >= 0.3 is 0 Å². The van der Waals surface area contributed by atoms with Crippen LogP contribution in [0.25, 0.3) is 0 Å². The van der Waals surface area contributed by atoms with Gasteiger partial charge in [-0.15, -0.1) is 10.2 Å². The zero-order chi connectivity index (χ0) is 17.5. The first-order valence-corrected chi connectivity index (χ1v) is 8.09. The Hall–Kier alpha value is -2.86. The molecule has 0 aliphatic carbocycles. The molecule has 2 aromatic rings. The molecule has 2 rings (SSSR count). The highest BCUT2D eigenvalue weighted by Crippen LogP contribution is 2.18. The van der Waals surface area contributed by atoms with Gasteiger partial charge in [-0.25, -0.2) is 0 Å². The Balaban J connectivity index is 2.12. The lowest BCUT2D eigenvalue weighted by Crippen LogP contribution is -2.35. The molecule has 1 aromatic heterocycles. The summed E-state index contributed by atoms with van der Waals surface area (Å²) in [5.41, 5.74) is 0.441. The number of thioether (sulfide) groups is 1. The van der Waals surface area contributed by atoms with E-state index in [1.54, 1.807) is 12.1 Å². The first kappa shape index (κ1) is 17.5. The molecule has 0 atom stereocenters. The number of amides is 1. The highest BCUT2D eigenvalue weighted by atomic mass is 32.2. The number of aromatic nitrogens is 3. The quantitative estimate of drug-likeness (QED) is 0.605. The summed E-state index contributed by atoms with van der Waals surface area (Å²) < 4.78 is 0.877. The molecule has 124 valence electrons. The van der Waals surface area contributed by atoms with E-state index in [-0.39, 0.29) is 35.5 Å². The number of carbonyl (C=O) groups is 1.